The minimum Gasteiger partial charge on any atom is -0.466 e. The van der Waals surface area contributed by atoms with Gasteiger partial charge < -0.3 is 4.74 Å². The van der Waals surface area contributed by atoms with Gasteiger partial charge in [0, 0.05) is 12.2 Å². The fraction of sp³-hybridized carbons (Fsp3) is 0.643. The Balaban J connectivity index is 1.97. The molecule has 1 saturated heterocycles. The molecule has 20 heavy (non-hydrogen) atoms. The van der Waals surface area contributed by atoms with Crippen LogP contribution in [0.15, 0.2) is 6.07 Å². The predicted octanol–water partition coefficient (Wildman–Crippen LogP) is 2.21. The number of carbonyl (C=O) groups is 1. The third-order valence-corrected chi connectivity index (χ3v) is 3.55. The summed E-state index contributed by atoms with van der Waals surface area (Å²) in [7, 11) is 0. The molecule has 0 aromatic carbocycles. The van der Waals surface area contributed by atoms with E-state index in [1.54, 1.807) is 6.07 Å². The second-order valence-corrected chi connectivity index (χ2v) is 5.46. The molecule has 110 valence electrons. The summed E-state index contributed by atoms with van der Waals surface area (Å²) in [5, 5.41) is 0.464. The van der Waals surface area contributed by atoms with Crippen LogP contribution in [0.3, 0.4) is 0 Å². The lowest BCUT2D eigenvalue weighted by Gasteiger charge is -2.30. The second kappa shape index (κ2) is 6.99. The van der Waals surface area contributed by atoms with Gasteiger partial charge in [0.1, 0.15) is 11.0 Å². The van der Waals surface area contributed by atoms with Crippen molar-refractivity contribution in [2.45, 2.75) is 33.2 Å². The summed E-state index contributed by atoms with van der Waals surface area (Å²) in [5.41, 5.74) is 0.860. The summed E-state index contributed by atoms with van der Waals surface area (Å²) in [6.07, 6.45) is 1.88. The molecule has 6 heteroatoms. The van der Waals surface area contributed by atoms with Crippen molar-refractivity contribution in [3.05, 3.63) is 22.7 Å². The van der Waals surface area contributed by atoms with Crippen molar-refractivity contribution in [3.8, 4) is 0 Å². The van der Waals surface area contributed by atoms with Crippen molar-refractivity contribution in [1.82, 2.24) is 14.9 Å². The normalized spacial score (nSPS) is 19.9. The number of nitrogens with zero attached hydrogens (tertiary/aromatic N) is 3. The van der Waals surface area contributed by atoms with E-state index in [1.165, 1.54) is 0 Å². The maximum absolute atomic E-state index is 11.8. The smallest absolute Gasteiger partial charge is 0.310 e. The van der Waals surface area contributed by atoms with Crippen LogP contribution in [0.2, 0.25) is 5.15 Å². The Morgan fingerprint density at radius 2 is 2.35 bits per heavy atom. The van der Waals surface area contributed by atoms with Gasteiger partial charge >= 0.3 is 5.97 Å². The third kappa shape index (κ3) is 4.15. The fourth-order valence-corrected chi connectivity index (χ4v) is 2.77. The van der Waals surface area contributed by atoms with E-state index in [-0.39, 0.29) is 11.9 Å². The molecular weight excluding hydrogens is 278 g/mol. The van der Waals surface area contributed by atoms with E-state index in [4.69, 9.17) is 16.3 Å². The summed E-state index contributed by atoms with van der Waals surface area (Å²) in [6.45, 7) is 6.44. The van der Waals surface area contributed by atoms with E-state index in [1.807, 2.05) is 13.8 Å². The summed E-state index contributed by atoms with van der Waals surface area (Å²) >= 11 is 5.94. The topological polar surface area (TPSA) is 55.3 Å². The Kier molecular flexibility index (Phi) is 5.31. The molecule has 1 fully saturated rings. The van der Waals surface area contributed by atoms with Crippen molar-refractivity contribution >= 4 is 17.6 Å². The lowest BCUT2D eigenvalue weighted by atomic mass is 9.98. The molecule has 5 nitrogen and oxygen atoms in total. The van der Waals surface area contributed by atoms with Gasteiger partial charge in [0.15, 0.2) is 0 Å². The first-order chi connectivity index (χ1) is 9.58. The van der Waals surface area contributed by atoms with Crippen molar-refractivity contribution < 1.29 is 9.53 Å². The largest absolute Gasteiger partial charge is 0.466 e. The Labute approximate surface area is 124 Å². The Bertz CT molecular complexity index is 461. The van der Waals surface area contributed by atoms with Crippen LogP contribution in [-0.2, 0) is 16.1 Å². The molecule has 0 saturated carbocycles. The molecule has 0 aliphatic carbocycles. The minimum atomic E-state index is -0.0969. The summed E-state index contributed by atoms with van der Waals surface area (Å²) in [4.78, 5) is 22.6. The van der Waals surface area contributed by atoms with Gasteiger partial charge in [-0.05, 0) is 39.3 Å². The standard InChI is InChI=1S/C14H20ClN3O2/c1-3-20-14(19)11-5-4-6-18(8-11)9-13-16-10(2)7-12(15)17-13/h7,11H,3-6,8-9H2,1-2H3. The van der Waals surface area contributed by atoms with E-state index in [9.17, 15) is 4.79 Å². The lowest BCUT2D eigenvalue weighted by Crippen LogP contribution is -2.39. The highest BCUT2D eigenvalue weighted by atomic mass is 35.5. The van der Waals surface area contributed by atoms with Gasteiger partial charge in [0.25, 0.3) is 0 Å². The van der Waals surface area contributed by atoms with E-state index < -0.39 is 0 Å². The van der Waals surface area contributed by atoms with E-state index >= 15 is 0 Å². The van der Waals surface area contributed by atoms with Crippen LogP contribution in [0, 0.1) is 12.8 Å². The van der Waals surface area contributed by atoms with Crippen LogP contribution in [0.4, 0.5) is 0 Å². The number of esters is 1. The Hall–Kier alpha value is -1.20. The van der Waals surface area contributed by atoms with Crippen LogP contribution in [0.1, 0.15) is 31.3 Å². The van der Waals surface area contributed by atoms with Crippen molar-refractivity contribution in [3.63, 3.8) is 0 Å². The number of hydrogen-bond acceptors (Lipinski definition) is 5. The van der Waals surface area contributed by atoms with Crippen LogP contribution < -0.4 is 0 Å². The molecule has 0 bridgehead atoms. The maximum Gasteiger partial charge on any atom is 0.310 e. The predicted molar refractivity (Wildman–Crippen MR) is 76.4 cm³/mol. The Morgan fingerprint density at radius 3 is 3.05 bits per heavy atom. The quantitative estimate of drug-likeness (QED) is 0.630. The average Bonchev–Trinajstić information content (AvgIpc) is 2.38. The van der Waals surface area contributed by atoms with E-state index in [2.05, 4.69) is 14.9 Å². The summed E-state index contributed by atoms with van der Waals surface area (Å²) < 4.78 is 5.10. The lowest BCUT2D eigenvalue weighted by molar-refractivity contribution is -0.150. The number of aromatic nitrogens is 2. The van der Waals surface area contributed by atoms with Crippen LogP contribution in [0.25, 0.3) is 0 Å². The molecule has 2 heterocycles. The molecule has 1 unspecified atom stereocenters. The minimum absolute atomic E-state index is 0.0380. The number of ether oxygens (including phenoxy) is 1. The van der Waals surface area contributed by atoms with Crippen LogP contribution in [-0.4, -0.2) is 40.5 Å². The van der Waals surface area contributed by atoms with Gasteiger partial charge in [-0.2, -0.15) is 0 Å². The number of halogens is 1. The molecular formula is C14H20ClN3O2. The first-order valence-corrected chi connectivity index (χ1v) is 7.35. The average molecular weight is 298 g/mol. The van der Waals surface area contributed by atoms with Crippen LogP contribution in [0.5, 0.6) is 0 Å². The molecule has 0 radical (unpaired) electrons. The summed E-state index contributed by atoms with van der Waals surface area (Å²) in [5.74, 6) is 0.573. The molecule has 0 N–H and O–H groups in total. The molecule has 1 atom stereocenters. The molecule has 1 aromatic rings. The van der Waals surface area contributed by atoms with Crippen molar-refractivity contribution in [2.75, 3.05) is 19.7 Å². The van der Waals surface area contributed by atoms with Crippen molar-refractivity contribution in [2.24, 2.45) is 5.92 Å². The summed E-state index contributed by atoms with van der Waals surface area (Å²) in [6, 6.07) is 1.74. The number of piperidine rings is 1. The highest BCUT2D eigenvalue weighted by Gasteiger charge is 2.27. The van der Waals surface area contributed by atoms with Crippen LogP contribution >= 0.6 is 11.6 Å². The third-order valence-electron chi connectivity index (χ3n) is 3.36. The molecule has 1 aliphatic rings. The first kappa shape index (κ1) is 15.2. The van der Waals surface area contributed by atoms with Gasteiger partial charge in [0.05, 0.1) is 19.1 Å². The molecule has 0 amide bonds. The fourth-order valence-electron chi connectivity index (χ4n) is 2.51. The molecule has 1 aliphatic heterocycles. The van der Waals surface area contributed by atoms with Crippen molar-refractivity contribution in [1.29, 1.82) is 0 Å². The number of likely N-dealkylation sites (tertiary alicyclic amines) is 1. The zero-order chi connectivity index (χ0) is 14.5. The van der Waals surface area contributed by atoms with Gasteiger partial charge in [0.2, 0.25) is 0 Å². The SMILES string of the molecule is CCOC(=O)C1CCCN(Cc2nc(C)cc(Cl)n2)C1. The van der Waals surface area contributed by atoms with Gasteiger partial charge in [-0.1, -0.05) is 11.6 Å². The molecule has 0 spiro atoms. The zero-order valence-corrected chi connectivity index (χ0v) is 12.7. The highest BCUT2D eigenvalue weighted by Crippen LogP contribution is 2.19. The molecule has 1 aromatic heterocycles. The number of aryl methyl sites for hydroxylation is 1. The monoisotopic (exact) mass is 297 g/mol. The van der Waals surface area contributed by atoms with Gasteiger partial charge in [-0.25, -0.2) is 9.97 Å². The zero-order valence-electron chi connectivity index (χ0n) is 11.9. The number of hydrogen-bond donors (Lipinski definition) is 0. The maximum atomic E-state index is 11.8. The van der Waals surface area contributed by atoms with Gasteiger partial charge in [-0.15, -0.1) is 0 Å². The van der Waals surface area contributed by atoms with E-state index in [0.717, 1.165) is 25.1 Å². The first-order valence-electron chi connectivity index (χ1n) is 6.97. The van der Waals surface area contributed by atoms with Gasteiger partial charge in [-0.3, -0.25) is 9.69 Å². The Morgan fingerprint density at radius 1 is 1.55 bits per heavy atom. The van der Waals surface area contributed by atoms with E-state index in [0.29, 0.717) is 30.7 Å². The second-order valence-electron chi connectivity index (χ2n) is 5.07. The number of rotatable bonds is 4. The molecule has 2 rings (SSSR count). The number of carbonyl (C=O) groups excluding carboxylic acids is 1. The highest BCUT2D eigenvalue weighted by molar-refractivity contribution is 6.29.